The van der Waals surface area contributed by atoms with Gasteiger partial charge in [0.25, 0.3) is 0 Å². The average molecular weight is 601 g/mol. The molecule has 0 aliphatic carbocycles. The van der Waals surface area contributed by atoms with Gasteiger partial charge in [-0.15, -0.1) is 0 Å². The van der Waals surface area contributed by atoms with Crippen LogP contribution in [0.3, 0.4) is 0 Å². The normalized spacial score (nSPS) is 29.4. The molecule has 2 aromatic heterocycles. The minimum atomic E-state index is -0.496. The molecule has 0 spiro atoms. The van der Waals surface area contributed by atoms with E-state index in [1.54, 1.807) is 12.4 Å². The molecule has 0 saturated carbocycles. The largest absolute Gasteiger partial charge is 0.498 e. The molecule has 0 amide bonds. The van der Waals surface area contributed by atoms with Crippen LogP contribution in [0.25, 0.3) is 0 Å². The number of hydrogen-bond acceptors (Lipinski definition) is 8. The number of ether oxygens (including phenoxy) is 2. The highest BCUT2D eigenvalue weighted by molar-refractivity contribution is 9.10. The van der Waals surface area contributed by atoms with Crippen molar-refractivity contribution in [2.45, 2.75) is 82.1 Å². The van der Waals surface area contributed by atoms with E-state index in [1.165, 1.54) is 18.7 Å². The molecule has 0 radical (unpaired) electrons. The second-order valence-electron chi connectivity index (χ2n) is 10.5. The zero-order valence-corrected chi connectivity index (χ0v) is 24.7. The smallest absolute Gasteiger partial charge is 0.463 e. The fourth-order valence-electron chi connectivity index (χ4n) is 4.52. The van der Waals surface area contributed by atoms with Gasteiger partial charge in [-0.3, -0.25) is 9.48 Å². The van der Waals surface area contributed by atoms with Crippen molar-refractivity contribution in [1.82, 2.24) is 14.8 Å². The lowest BCUT2D eigenvalue weighted by atomic mass is 9.81. The van der Waals surface area contributed by atoms with Crippen LogP contribution in [0.15, 0.2) is 34.2 Å². The van der Waals surface area contributed by atoms with Gasteiger partial charge in [0.15, 0.2) is 0 Å². The second-order valence-corrected chi connectivity index (χ2v) is 12.8. The second kappa shape index (κ2) is 10.6. The summed E-state index contributed by atoms with van der Waals surface area (Å²) in [6.45, 7) is 13.9. The maximum absolute atomic E-state index is 11.6. The van der Waals surface area contributed by atoms with E-state index in [9.17, 15) is 4.79 Å². The number of pyridine rings is 1. The van der Waals surface area contributed by atoms with Gasteiger partial charge in [-0.1, -0.05) is 37.2 Å². The molecule has 2 aromatic rings. The number of esters is 1. The van der Waals surface area contributed by atoms with Crippen molar-refractivity contribution in [1.29, 1.82) is 0 Å². The summed E-state index contributed by atoms with van der Waals surface area (Å²) in [6.07, 6.45) is 5.07. The van der Waals surface area contributed by atoms with Crippen LogP contribution in [0.5, 0.6) is 0 Å². The van der Waals surface area contributed by atoms with E-state index < -0.39 is 18.3 Å². The lowest BCUT2D eigenvalue weighted by Gasteiger charge is -2.44. The number of thioether (sulfide) groups is 1. The van der Waals surface area contributed by atoms with Gasteiger partial charge >= 0.3 is 13.1 Å². The lowest BCUT2D eigenvalue weighted by Crippen LogP contribution is -2.47. The molecule has 12 heteroatoms. The van der Waals surface area contributed by atoms with Gasteiger partial charge in [0.1, 0.15) is 16.6 Å². The van der Waals surface area contributed by atoms with E-state index in [0.717, 1.165) is 10.4 Å². The standard InChI is InChI=1S/C24H32BBrClN3O5S/c1-13-18(12-32-15(3)31)33-22(36-19-8-17(27)10-28-21(19)26)14(2)20(13)30-11-16(9-29-30)25-34-23(4,5)24(6,7)35-25/h8-11,13-14,18,20,22H,12H2,1-7H3/t13-,14?,18?,20-,22+/m0/s1. The quantitative estimate of drug-likeness (QED) is 0.264. The van der Waals surface area contributed by atoms with Crippen LogP contribution in [0.4, 0.5) is 0 Å². The third-order valence-corrected chi connectivity index (χ3v) is 9.76. The fourth-order valence-corrected chi connectivity index (χ4v) is 6.40. The van der Waals surface area contributed by atoms with Crippen molar-refractivity contribution in [2.75, 3.05) is 6.61 Å². The number of carbonyl (C=O) groups is 1. The molecule has 2 saturated heterocycles. The average Bonchev–Trinajstić information content (AvgIpc) is 3.34. The van der Waals surface area contributed by atoms with Crippen LogP contribution >= 0.6 is 39.3 Å². The van der Waals surface area contributed by atoms with Gasteiger partial charge in [0.05, 0.1) is 28.4 Å². The molecule has 36 heavy (non-hydrogen) atoms. The molecule has 4 heterocycles. The van der Waals surface area contributed by atoms with Gasteiger partial charge in [-0.2, -0.15) is 5.10 Å². The predicted octanol–water partition coefficient (Wildman–Crippen LogP) is 4.89. The summed E-state index contributed by atoms with van der Waals surface area (Å²) in [5.74, 6) is -0.271. The summed E-state index contributed by atoms with van der Waals surface area (Å²) >= 11 is 11.3. The number of aromatic nitrogens is 3. The number of nitrogens with zero attached hydrogens (tertiary/aromatic N) is 3. The van der Waals surface area contributed by atoms with E-state index in [4.69, 9.17) is 35.5 Å². The molecule has 2 aliphatic heterocycles. The van der Waals surface area contributed by atoms with Crippen LogP contribution < -0.4 is 5.46 Å². The van der Waals surface area contributed by atoms with E-state index in [2.05, 4.69) is 34.8 Å². The van der Waals surface area contributed by atoms with Crippen molar-refractivity contribution in [2.24, 2.45) is 11.8 Å². The third kappa shape index (κ3) is 5.66. The Morgan fingerprint density at radius 1 is 1.22 bits per heavy atom. The number of rotatable bonds is 6. The Balaban J connectivity index is 1.61. The summed E-state index contributed by atoms with van der Waals surface area (Å²) < 4.78 is 27.0. The molecule has 2 aliphatic rings. The van der Waals surface area contributed by atoms with E-state index in [1.807, 2.05) is 44.6 Å². The zero-order valence-electron chi connectivity index (χ0n) is 21.5. The highest BCUT2D eigenvalue weighted by Crippen LogP contribution is 2.46. The molecule has 0 bridgehead atoms. The minimum absolute atomic E-state index is 0.0168. The first-order valence-corrected chi connectivity index (χ1v) is 14.0. The van der Waals surface area contributed by atoms with Gasteiger partial charge in [0, 0.05) is 47.7 Å². The first kappa shape index (κ1) is 27.9. The van der Waals surface area contributed by atoms with Crippen molar-refractivity contribution in [3.63, 3.8) is 0 Å². The van der Waals surface area contributed by atoms with Crippen LogP contribution in [-0.2, 0) is 23.6 Å². The maximum Gasteiger partial charge on any atom is 0.498 e. The first-order chi connectivity index (χ1) is 16.8. The van der Waals surface area contributed by atoms with Crippen molar-refractivity contribution in [3.8, 4) is 0 Å². The summed E-state index contributed by atoms with van der Waals surface area (Å²) in [7, 11) is -0.496. The van der Waals surface area contributed by atoms with Gasteiger partial charge in [-0.05, 0) is 49.7 Å². The van der Waals surface area contributed by atoms with E-state index in [0.29, 0.717) is 9.63 Å². The zero-order chi connectivity index (χ0) is 26.4. The topological polar surface area (TPSA) is 84.7 Å². The minimum Gasteiger partial charge on any atom is -0.463 e. The Labute approximate surface area is 230 Å². The summed E-state index contributed by atoms with van der Waals surface area (Å²) in [4.78, 5) is 16.7. The Bertz CT molecular complexity index is 1100. The van der Waals surface area contributed by atoms with Crippen LogP contribution in [0.1, 0.15) is 54.5 Å². The SMILES string of the molecule is CC(=O)OCC1O[C@H](Sc2cc(Cl)cnc2Br)C(C)[C@@H](n2cc(B3OC(C)(C)C(C)(C)O3)cn2)[C@H]1C. The Morgan fingerprint density at radius 2 is 1.89 bits per heavy atom. The number of halogens is 2. The van der Waals surface area contributed by atoms with E-state index >= 15 is 0 Å². The Morgan fingerprint density at radius 3 is 2.53 bits per heavy atom. The summed E-state index contributed by atoms with van der Waals surface area (Å²) in [6, 6.07) is 1.83. The molecular weight excluding hydrogens is 569 g/mol. The Kier molecular flexibility index (Phi) is 8.20. The maximum atomic E-state index is 11.6. The highest BCUT2D eigenvalue weighted by Gasteiger charge is 2.52. The fraction of sp³-hybridized carbons (Fsp3) is 0.625. The van der Waals surface area contributed by atoms with Crippen molar-refractivity contribution < 1.29 is 23.6 Å². The molecule has 0 aromatic carbocycles. The molecule has 0 N–H and O–H groups in total. The monoisotopic (exact) mass is 599 g/mol. The van der Waals surface area contributed by atoms with Gasteiger partial charge in [0.2, 0.25) is 0 Å². The number of hydrogen-bond donors (Lipinski definition) is 0. The predicted molar refractivity (Wildman–Crippen MR) is 143 cm³/mol. The van der Waals surface area contributed by atoms with Gasteiger partial charge < -0.3 is 18.8 Å². The Hall–Kier alpha value is -1.11. The number of carbonyl (C=O) groups excluding carboxylic acids is 1. The lowest BCUT2D eigenvalue weighted by molar-refractivity contribution is -0.156. The van der Waals surface area contributed by atoms with E-state index in [-0.39, 0.29) is 42.0 Å². The van der Waals surface area contributed by atoms with Crippen LogP contribution in [0.2, 0.25) is 5.02 Å². The summed E-state index contributed by atoms with van der Waals surface area (Å²) in [5, 5.41) is 5.27. The van der Waals surface area contributed by atoms with Crippen LogP contribution in [0, 0.1) is 11.8 Å². The van der Waals surface area contributed by atoms with Crippen molar-refractivity contribution in [3.05, 3.63) is 34.3 Å². The first-order valence-electron chi connectivity index (χ1n) is 12.0. The molecule has 196 valence electrons. The van der Waals surface area contributed by atoms with Crippen molar-refractivity contribution >= 4 is 57.8 Å². The molecule has 2 unspecified atom stereocenters. The highest BCUT2D eigenvalue weighted by atomic mass is 79.9. The molecule has 5 atom stereocenters. The molecular formula is C24H32BBrClN3O5S. The summed E-state index contributed by atoms with van der Waals surface area (Å²) in [5.41, 5.74) is -0.266. The molecule has 2 fully saturated rings. The molecule has 8 nitrogen and oxygen atoms in total. The van der Waals surface area contributed by atoms with Gasteiger partial charge in [-0.25, -0.2) is 4.98 Å². The molecule has 4 rings (SSSR count). The third-order valence-electron chi connectivity index (χ3n) is 7.32. The van der Waals surface area contributed by atoms with Crippen LogP contribution in [-0.4, -0.2) is 57.2 Å².